The van der Waals surface area contributed by atoms with Crippen molar-refractivity contribution in [2.75, 3.05) is 12.4 Å². The van der Waals surface area contributed by atoms with Gasteiger partial charge in [-0.25, -0.2) is 0 Å². The molecule has 0 atom stereocenters. The molecule has 0 aromatic heterocycles. The van der Waals surface area contributed by atoms with Crippen LogP contribution in [0.15, 0.2) is 0 Å². The largest absolute Gasteiger partial charge is 1.00 e. The zero-order valence-corrected chi connectivity index (χ0v) is 8.39. The zero-order valence-electron chi connectivity index (χ0n) is 5.76. The van der Waals surface area contributed by atoms with Crippen LogP contribution in [-0.4, -0.2) is 21.8 Å². The predicted octanol–water partition coefficient (Wildman–Crippen LogP) is -2.93. The normalized spacial score (nSPS) is 7.62. The standard InChI is InChI=1S/C3H7NOS2.Na.H/c4-3(6)7-2-1-5;;/h5H,1-2H2,(H2,4,6);;/q;+1;-1. The minimum absolute atomic E-state index is 0. The van der Waals surface area contributed by atoms with E-state index in [1.54, 1.807) is 0 Å². The van der Waals surface area contributed by atoms with E-state index in [1.807, 2.05) is 0 Å². The molecule has 0 heterocycles. The second kappa shape index (κ2) is 8.20. The van der Waals surface area contributed by atoms with E-state index in [4.69, 9.17) is 10.8 Å². The molecule has 0 saturated heterocycles. The molecule has 0 rings (SSSR count). The molecule has 0 aliphatic rings. The first kappa shape index (κ1) is 11.9. The number of nitrogens with two attached hydrogens (primary N) is 1. The molecule has 0 spiro atoms. The molecule has 44 valence electrons. The van der Waals surface area contributed by atoms with Crippen molar-refractivity contribution in [3.8, 4) is 0 Å². The fraction of sp³-hybridized carbons (Fsp3) is 0.667. The van der Waals surface area contributed by atoms with Crippen LogP contribution in [0.4, 0.5) is 0 Å². The monoisotopic (exact) mass is 161 g/mol. The maximum Gasteiger partial charge on any atom is 1.00 e. The molecule has 0 fully saturated rings. The Morgan fingerprint density at radius 2 is 2.38 bits per heavy atom. The van der Waals surface area contributed by atoms with Gasteiger partial charge in [0.1, 0.15) is 4.32 Å². The summed E-state index contributed by atoms with van der Waals surface area (Å²) in [5, 5.41) is 8.18. The quantitative estimate of drug-likeness (QED) is 0.336. The van der Waals surface area contributed by atoms with Crippen LogP contribution in [0.1, 0.15) is 1.43 Å². The average Bonchev–Trinajstić information content (AvgIpc) is 1.61. The Balaban J connectivity index is -0.000000180. The van der Waals surface area contributed by atoms with E-state index >= 15 is 0 Å². The van der Waals surface area contributed by atoms with Crippen LogP contribution in [0, 0.1) is 0 Å². The van der Waals surface area contributed by atoms with Gasteiger partial charge in [-0.2, -0.15) is 0 Å². The Hall–Kier alpha value is 1.20. The molecule has 0 aliphatic heterocycles. The topological polar surface area (TPSA) is 46.2 Å². The van der Waals surface area contributed by atoms with Gasteiger partial charge in [-0.1, -0.05) is 24.0 Å². The van der Waals surface area contributed by atoms with E-state index in [0.717, 1.165) is 0 Å². The summed E-state index contributed by atoms with van der Waals surface area (Å²) in [6, 6.07) is 0. The molecule has 0 bridgehead atoms. The maximum absolute atomic E-state index is 8.18. The Bertz CT molecular complexity index is 74.8. The predicted molar refractivity (Wildman–Crippen MR) is 37.4 cm³/mol. The zero-order chi connectivity index (χ0) is 5.70. The number of thiocarbonyl (C=S) groups is 1. The van der Waals surface area contributed by atoms with Gasteiger partial charge in [0.15, 0.2) is 0 Å². The van der Waals surface area contributed by atoms with Gasteiger partial charge in [-0.15, -0.1) is 0 Å². The fourth-order valence-corrected chi connectivity index (χ4v) is 0.689. The number of rotatable bonds is 2. The van der Waals surface area contributed by atoms with Crippen LogP contribution in [0.5, 0.6) is 0 Å². The molecule has 3 N–H and O–H groups in total. The second-order valence-electron chi connectivity index (χ2n) is 0.891. The van der Waals surface area contributed by atoms with Gasteiger partial charge in [0.2, 0.25) is 0 Å². The maximum atomic E-state index is 8.18. The number of hydrogen-bond donors (Lipinski definition) is 2. The Kier molecular flexibility index (Phi) is 12.2. The summed E-state index contributed by atoms with van der Waals surface area (Å²) in [6.07, 6.45) is 0. The Labute approximate surface area is 82.0 Å². The summed E-state index contributed by atoms with van der Waals surface area (Å²) in [5.41, 5.74) is 5.06. The minimum atomic E-state index is 0. The fourth-order valence-electron chi connectivity index (χ4n) is 0.146. The summed E-state index contributed by atoms with van der Waals surface area (Å²) in [6.45, 7) is 0.141. The Morgan fingerprint density at radius 1 is 1.88 bits per heavy atom. The number of aliphatic hydroxyl groups is 1. The van der Waals surface area contributed by atoms with Crippen LogP contribution in [0.3, 0.4) is 0 Å². The van der Waals surface area contributed by atoms with Crippen LogP contribution in [0.2, 0.25) is 0 Å². The average molecular weight is 161 g/mol. The van der Waals surface area contributed by atoms with Crippen molar-refractivity contribution in [3.63, 3.8) is 0 Å². The third-order valence-corrected chi connectivity index (χ3v) is 1.36. The molecule has 0 amide bonds. The molecule has 0 aromatic rings. The van der Waals surface area contributed by atoms with Crippen molar-refractivity contribution in [1.82, 2.24) is 0 Å². The summed E-state index contributed by atoms with van der Waals surface area (Å²) < 4.78 is 0.397. The summed E-state index contributed by atoms with van der Waals surface area (Å²) in [4.78, 5) is 0. The van der Waals surface area contributed by atoms with Gasteiger partial charge in [0.25, 0.3) is 0 Å². The van der Waals surface area contributed by atoms with Gasteiger partial charge < -0.3 is 12.3 Å². The van der Waals surface area contributed by atoms with Gasteiger partial charge in [-0.3, -0.25) is 0 Å². The van der Waals surface area contributed by atoms with Crippen molar-refractivity contribution in [3.05, 3.63) is 0 Å². The first-order valence-corrected chi connectivity index (χ1v) is 3.20. The third kappa shape index (κ3) is 10.2. The van der Waals surface area contributed by atoms with Crippen molar-refractivity contribution in [2.45, 2.75) is 0 Å². The molecule has 0 saturated carbocycles. The molecule has 5 heteroatoms. The van der Waals surface area contributed by atoms with Crippen molar-refractivity contribution in [1.29, 1.82) is 0 Å². The molecular formula is C3H8NNaOS2. The number of thioether (sulfide) groups is 1. The molecule has 0 aliphatic carbocycles. The van der Waals surface area contributed by atoms with E-state index in [0.29, 0.717) is 10.1 Å². The van der Waals surface area contributed by atoms with Gasteiger partial charge >= 0.3 is 29.6 Å². The molecule has 0 radical (unpaired) electrons. The summed E-state index contributed by atoms with van der Waals surface area (Å²) >= 11 is 5.78. The molecule has 8 heavy (non-hydrogen) atoms. The van der Waals surface area contributed by atoms with Crippen molar-refractivity contribution in [2.24, 2.45) is 5.73 Å². The SMILES string of the molecule is NC(=S)SCCO.[H-].[Na+]. The summed E-state index contributed by atoms with van der Waals surface area (Å²) in [5.74, 6) is 0.606. The molecule has 0 unspecified atom stereocenters. The minimum Gasteiger partial charge on any atom is -1.00 e. The second-order valence-corrected chi connectivity index (χ2v) is 2.73. The van der Waals surface area contributed by atoms with Crippen LogP contribution in [-0.2, 0) is 0 Å². The van der Waals surface area contributed by atoms with E-state index < -0.39 is 0 Å². The number of aliphatic hydroxyl groups excluding tert-OH is 1. The van der Waals surface area contributed by atoms with E-state index in [9.17, 15) is 0 Å². The smallest absolute Gasteiger partial charge is 1.00 e. The van der Waals surface area contributed by atoms with Crippen molar-refractivity contribution < 1.29 is 36.1 Å². The molecule has 2 nitrogen and oxygen atoms in total. The van der Waals surface area contributed by atoms with E-state index in [-0.39, 0.29) is 37.6 Å². The van der Waals surface area contributed by atoms with Gasteiger partial charge in [-0.05, 0) is 0 Å². The first-order chi connectivity index (χ1) is 3.27. The van der Waals surface area contributed by atoms with Crippen LogP contribution < -0.4 is 35.3 Å². The third-order valence-electron chi connectivity index (χ3n) is 0.336. The first-order valence-electron chi connectivity index (χ1n) is 1.80. The Morgan fingerprint density at radius 3 is 2.50 bits per heavy atom. The molecular weight excluding hydrogens is 153 g/mol. The molecule has 0 aromatic carbocycles. The van der Waals surface area contributed by atoms with Crippen LogP contribution >= 0.6 is 24.0 Å². The summed E-state index contributed by atoms with van der Waals surface area (Å²) in [7, 11) is 0. The van der Waals surface area contributed by atoms with Crippen LogP contribution in [0.25, 0.3) is 0 Å². The van der Waals surface area contributed by atoms with E-state index in [1.165, 1.54) is 11.8 Å². The van der Waals surface area contributed by atoms with E-state index in [2.05, 4.69) is 12.2 Å². The van der Waals surface area contributed by atoms with Gasteiger partial charge in [0.05, 0.1) is 6.61 Å². The van der Waals surface area contributed by atoms with Crippen molar-refractivity contribution >= 4 is 28.3 Å². The van der Waals surface area contributed by atoms with Gasteiger partial charge in [0, 0.05) is 5.75 Å². The number of hydrogen-bond acceptors (Lipinski definition) is 3.